The summed E-state index contributed by atoms with van der Waals surface area (Å²) in [5.41, 5.74) is 5.56. The first-order valence-electron chi connectivity index (χ1n) is 5.92. The van der Waals surface area contributed by atoms with E-state index in [-0.39, 0.29) is 27.5 Å². The molecule has 0 radical (unpaired) electrons. The minimum atomic E-state index is -0.788. The summed E-state index contributed by atoms with van der Waals surface area (Å²) in [6, 6.07) is 5.36. The number of halogens is 2. The summed E-state index contributed by atoms with van der Waals surface area (Å²) >= 11 is 5.82. The van der Waals surface area contributed by atoms with Gasteiger partial charge < -0.3 is 11.1 Å². The van der Waals surface area contributed by atoms with Crippen molar-refractivity contribution >= 4 is 29.1 Å². The molecule has 1 heterocycles. The molecule has 1 aromatic heterocycles. The van der Waals surface area contributed by atoms with Crippen LogP contribution < -0.4 is 11.1 Å². The van der Waals surface area contributed by atoms with Gasteiger partial charge in [-0.3, -0.25) is 9.59 Å². The zero-order valence-electron chi connectivity index (χ0n) is 11.0. The SMILES string of the molecule is Cc1c(F)cc(C(N)=O)cc1NC(=O)c1cccnc1Cl. The summed E-state index contributed by atoms with van der Waals surface area (Å²) in [4.78, 5) is 27.0. The Labute approximate surface area is 124 Å². The molecule has 2 amide bonds. The Hall–Kier alpha value is -2.47. The number of nitrogens with zero attached hydrogens (tertiary/aromatic N) is 1. The third-order valence-electron chi connectivity index (χ3n) is 2.88. The molecule has 0 aliphatic carbocycles. The molecule has 7 heteroatoms. The van der Waals surface area contributed by atoms with Gasteiger partial charge in [0.1, 0.15) is 11.0 Å². The third kappa shape index (κ3) is 3.17. The van der Waals surface area contributed by atoms with Crippen molar-refractivity contribution in [1.82, 2.24) is 4.98 Å². The van der Waals surface area contributed by atoms with Gasteiger partial charge in [0.05, 0.1) is 5.56 Å². The molecule has 0 spiro atoms. The van der Waals surface area contributed by atoms with Gasteiger partial charge >= 0.3 is 0 Å². The second-order valence-electron chi connectivity index (χ2n) is 4.29. The summed E-state index contributed by atoms with van der Waals surface area (Å²) in [7, 11) is 0. The van der Waals surface area contributed by atoms with Gasteiger partial charge in [0.25, 0.3) is 5.91 Å². The molecule has 0 fully saturated rings. The van der Waals surface area contributed by atoms with Crippen molar-refractivity contribution in [3.05, 3.63) is 58.1 Å². The maximum absolute atomic E-state index is 13.7. The van der Waals surface area contributed by atoms with Crippen molar-refractivity contribution in [2.75, 3.05) is 5.32 Å². The number of carbonyl (C=O) groups excluding carboxylic acids is 2. The van der Waals surface area contributed by atoms with E-state index >= 15 is 0 Å². The van der Waals surface area contributed by atoms with Crippen molar-refractivity contribution in [2.24, 2.45) is 5.73 Å². The lowest BCUT2D eigenvalue weighted by molar-refractivity contribution is 0.0995. The standard InChI is InChI=1S/C14H11ClFN3O2/c1-7-10(16)5-8(13(17)20)6-11(7)19-14(21)9-3-2-4-18-12(9)15/h2-6H,1H3,(H2,17,20)(H,19,21). The van der Waals surface area contributed by atoms with E-state index in [9.17, 15) is 14.0 Å². The highest BCUT2D eigenvalue weighted by Gasteiger charge is 2.15. The van der Waals surface area contributed by atoms with Crippen molar-refractivity contribution < 1.29 is 14.0 Å². The molecule has 0 aliphatic heterocycles. The maximum atomic E-state index is 13.7. The smallest absolute Gasteiger partial charge is 0.258 e. The van der Waals surface area contributed by atoms with Crippen molar-refractivity contribution in [3.63, 3.8) is 0 Å². The third-order valence-corrected chi connectivity index (χ3v) is 3.18. The lowest BCUT2D eigenvalue weighted by atomic mass is 10.1. The lowest BCUT2D eigenvalue weighted by Crippen LogP contribution is -2.16. The Morgan fingerprint density at radius 3 is 2.71 bits per heavy atom. The van der Waals surface area contributed by atoms with Crippen LogP contribution in [0, 0.1) is 12.7 Å². The minimum absolute atomic E-state index is 0.0270. The Morgan fingerprint density at radius 1 is 1.38 bits per heavy atom. The van der Waals surface area contributed by atoms with Crippen LogP contribution in [0.2, 0.25) is 5.15 Å². The number of primary amides is 1. The van der Waals surface area contributed by atoms with E-state index in [1.54, 1.807) is 6.07 Å². The molecular formula is C14H11ClFN3O2. The summed E-state index contributed by atoms with van der Waals surface area (Å²) in [6.07, 6.45) is 1.44. The number of nitrogens with one attached hydrogen (secondary N) is 1. The highest BCUT2D eigenvalue weighted by molar-refractivity contribution is 6.33. The highest BCUT2D eigenvalue weighted by Crippen LogP contribution is 2.22. The average Bonchev–Trinajstić information content (AvgIpc) is 2.43. The number of hydrogen-bond donors (Lipinski definition) is 2. The molecule has 3 N–H and O–H groups in total. The van der Waals surface area contributed by atoms with E-state index in [0.717, 1.165) is 6.07 Å². The largest absolute Gasteiger partial charge is 0.366 e. The van der Waals surface area contributed by atoms with E-state index in [1.165, 1.54) is 25.3 Å². The van der Waals surface area contributed by atoms with Gasteiger partial charge in [-0.25, -0.2) is 9.37 Å². The van der Waals surface area contributed by atoms with E-state index in [2.05, 4.69) is 10.3 Å². The van der Waals surface area contributed by atoms with E-state index in [4.69, 9.17) is 17.3 Å². The van der Waals surface area contributed by atoms with Crippen molar-refractivity contribution in [3.8, 4) is 0 Å². The van der Waals surface area contributed by atoms with Crippen molar-refractivity contribution in [1.29, 1.82) is 0 Å². The fraction of sp³-hybridized carbons (Fsp3) is 0.0714. The number of benzene rings is 1. The van der Waals surface area contributed by atoms with Crippen LogP contribution in [0.15, 0.2) is 30.5 Å². The van der Waals surface area contributed by atoms with Crippen LogP contribution in [-0.2, 0) is 0 Å². The van der Waals surface area contributed by atoms with Crippen LogP contribution in [0.3, 0.4) is 0 Å². The van der Waals surface area contributed by atoms with Gasteiger partial charge in [0.15, 0.2) is 0 Å². The first kappa shape index (κ1) is 14.9. The van der Waals surface area contributed by atoms with Gasteiger partial charge in [-0.05, 0) is 31.2 Å². The van der Waals surface area contributed by atoms with E-state index in [0.29, 0.717) is 0 Å². The number of amides is 2. The first-order chi connectivity index (χ1) is 9.90. The number of rotatable bonds is 3. The summed E-state index contributed by atoms with van der Waals surface area (Å²) in [5, 5.41) is 2.52. The van der Waals surface area contributed by atoms with E-state index in [1.807, 2.05) is 0 Å². The predicted octanol–water partition coefficient (Wildman–Crippen LogP) is 2.53. The van der Waals surface area contributed by atoms with Gasteiger partial charge in [0.2, 0.25) is 5.91 Å². The molecule has 108 valence electrons. The van der Waals surface area contributed by atoms with Crippen molar-refractivity contribution in [2.45, 2.75) is 6.92 Å². The molecule has 2 rings (SSSR count). The average molecular weight is 308 g/mol. The lowest BCUT2D eigenvalue weighted by Gasteiger charge is -2.11. The maximum Gasteiger partial charge on any atom is 0.258 e. The number of hydrogen-bond acceptors (Lipinski definition) is 3. The second-order valence-corrected chi connectivity index (χ2v) is 4.65. The molecule has 0 unspecified atom stereocenters. The van der Waals surface area contributed by atoms with Gasteiger partial charge in [-0.1, -0.05) is 11.6 Å². The molecule has 0 saturated carbocycles. The monoisotopic (exact) mass is 307 g/mol. The van der Waals surface area contributed by atoms with Crippen LogP contribution in [-0.4, -0.2) is 16.8 Å². The minimum Gasteiger partial charge on any atom is -0.366 e. The van der Waals surface area contributed by atoms with Crippen LogP contribution in [0.4, 0.5) is 10.1 Å². The summed E-state index contributed by atoms with van der Waals surface area (Å²) < 4.78 is 13.7. The molecule has 5 nitrogen and oxygen atoms in total. The zero-order chi connectivity index (χ0) is 15.6. The molecule has 1 aromatic carbocycles. The predicted molar refractivity (Wildman–Crippen MR) is 76.9 cm³/mol. The fourth-order valence-electron chi connectivity index (χ4n) is 1.70. The Kier molecular flexibility index (Phi) is 4.18. The number of nitrogens with two attached hydrogens (primary N) is 1. The molecular weight excluding hydrogens is 297 g/mol. The van der Waals surface area contributed by atoms with Gasteiger partial charge in [0, 0.05) is 23.0 Å². The van der Waals surface area contributed by atoms with Crippen LogP contribution >= 0.6 is 11.6 Å². The Bertz CT molecular complexity index is 734. The van der Waals surface area contributed by atoms with Gasteiger partial charge in [-0.15, -0.1) is 0 Å². The Balaban J connectivity index is 2.38. The van der Waals surface area contributed by atoms with Crippen LogP contribution in [0.1, 0.15) is 26.3 Å². The fourth-order valence-corrected chi connectivity index (χ4v) is 1.90. The topological polar surface area (TPSA) is 85.1 Å². The number of aromatic nitrogens is 1. The normalized spacial score (nSPS) is 10.2. The number of pyridine rings is 1. The van der Waals surface area contributed by atoms with E-state index < -0.39 is 17.6 Å². The second kappa shape index (κ2) is 5.88. The molecule has 0 aliphatic rings. The molecule has 0 atom stereocenters. The number of carbonyl (C=O) groups is 2. The number of anilines is 1. The van der Waals surface area contributed by atoms with Crippen LogP contribution in [0.5, 0.6) is 0 Å². The molecule has 2 aromatic rings. The Morgan fingerprint density at radius 2 is 2.10 bits per heavy atom. The molecule has 21 heavy (non-hydrogen) atoms. The summed E-state index contributed by atoms with van der Waals surface area (Å²) in [6.45, 7) is 1.47. The van der Waals surface area contributed by atoms with Gasteiger partial charge in [-0.2, -0.15) is 0 Å². The first-order valence-corrected chi connectivity index (χ1v) is 6.29. The highest BCUT2D eigenvalue weighted by atomic mass is 35.5. The zero-order valence-corrected chi connectivity index (χ0v) is 11.7. The summed E-state index contributed by atoms with van der Waals surface area (Å²) in [5.74, 6) is -1.99. The molecule has 0 saturated heterocycles. The molecule has 0 bridgehead atoms. The van der Waals surface area contributed by atoms with Crippen LogP contribution in [0.25, 0.3) is 0 Å². The quantitative estimate of drug-likeness (QED) is 0.854.